The number of para-hydroxylation sites is 1. The number of benzene rings is 1. The molecule has 88 valence electrons. The van der Waals surface area contributed by atoms with E-state index in [-0.39, 0.29) is 0 Å². The number of hydrogen-bond acceptors (Lipinski definition) is 2. The molecule has 2 heteroatoms. The van der Waals surface area contributed by atoms with E-state index >= 15 is 0 Å². The molecular formula is C14H22N2. The lowest BCUT2D eigenvalue weighted by Crippen LogP contribution is -2.35. The molecule has 1 N–H and O–H groups in total. The van der Waals surface area contributed by atoms with Gasteiger partial charge in [-0.25, -0.2) is 0 Å². The van der Waals surface area contributed by atoms with E-state index < -0.39 is 0 Å². The van der Waals surface area contributed by atoms with Crippen LogP contribution in [0.5, 0.6) is 0 Å². The second kappa shape index (κ2) is 5.90. The molecule has 0 amide bonds. The maximum absolute atomic E-state index is 3.53. The van der Waals surface area contributed by atoms with Crippen molar-refractivity contribution in [2.45, 2.75) is 32.2 Å². The van der Waals surface area contributed by atoms with E-state index in [4.69, 9.17) is 0 Å². The van der Waals surface area contributed by atoms with Crippen LogP contribution in [-0.2, 0) is 0 Å². The van der Waals surface area contributed by atoms with E-state index in [2.05, 4.69) is 47.5 Å². The zero-order valence-electron chi connectivity index (χ0n) is 10.2. The predicted octanol–water partition coefficient (Wildman–Crippen LogP) is 2.97. The number of likely N-dealkylation sites (tertiary alicyclic amines) is 1. The Morgan fingerprint density at radius 3 is 2.88 bits per heavy atom. The van der Waals surface area contributed by atoms with Crippen LogP contribution in [0.4, 0.5) is 5.69 Å². The molecule has 0 bridgehead atoms. The fourth-order valence-electron chi connectivity index (χ4n) is 2.50. The Morgan fingerprint density at radius 1 is 1.31 bits per heavy atom. The molecule has 0 saturated carbocycles. The molecule has 1 aromatic rings. The van der Waals surface area contributed by atoms with Gasteiger partial charge in [0.25, 0.3) is 0 Å². The Hall–Kier alpha value is -1.02. The predicted molar refractivity (Wildman–Crippen MR) is 69.8 cm³/mol. The van der Waals surface area contributed by atoms with Gasteiger partial charge in [0, 0.05) is 18.3 Å². The smallest absolute Gasteiger partial charge is 0.0340 e. The van der Waals surface area contributed by atoms with Gasteiger partial charge in [0.15, 0.2) is 0 Å². The van der Waals surface area contributed by atoms with Crippen LogP contribution in [0.15, 0.2) is 30.3 Å². The number of rotatable bonds is 5. The van der Waals surface area contributed by atoms with Crippen LogP contribution in [0.2, 0.25) is 0 Å². The Bertz CT molecular complexity index is 297. The standard InChI is InChI=1S/C14H22N2/c1-2-10-16-11-6-9-14(16)12-15-13-7-4-3-5-8-13/h3-5,7-8,14-15H,2,6,9-12H2,1H3. The molecule has 0 radical (unpaired) electrons. The molecule has 1 aromatic carbocycles. The van der Waals surface area contributed by atoms with Gasteiger partial charge in [0.05, 0.1) is 0 Å². The highest BCUT2D eigenvalue weighted by atomic mass is 15.2. The van der Waals surface area contributed by atoms with Gasteiger partial charge in [-0.2, -0.15) is 0 Å². The van der Waals surface area contributed by atoms with Gasteiger partial charge >= 0.3 is 0 Å². The molecule has 1 aliphatic heterocycles. The van der Waals surface area contributed by atoms with Crippen LogP contribution in [0.1, 0.15) is 26.2 Å². The quantitative estimate of drug-likeness (QED) is 0.817. The van der Waals surface area contributed by atoms with Crippen molar-refractivity contribution in [2.24, 2.45) is 0 Å². The first-order valence-electron chi connectivity index (χ1n) is 6.43. The molecule has 16 heavy (non-hydrogen) atoms. The summed E-state index contributed by atoms with van der Waals surface area (Å²) in [6, 6.07) is 11.2. The molecule has 0 spiro atoms. The zero-order chi connectivity index (χ0) is 11.2. The van der Waals surface area contributed by atoms with E-state index in [1.165, 1.54) is 38.0 Å². The van der Waals surface area contributed by atoms with Crippen molar-refractivity contribution in [3.8, 4) is 0 Å². The normalized spacial score (nSPS) is 21.2. The number of anilines is 1. The topological polar surface area (TPSA) is 15.3 Å². The van der Waals surface area contributed by atoms with Crippen LogP contribution in [-0.4, -0.2) is 30.6 Å². The summed E-state index contributed by atoms with van der Waals surface area (Å²) in [6.07, 6.45) is 3.98. The first kappa shape index (κ1) is 11.5. The molecule has 2 nitrogen and oxygen atoms in total. The Labute approximate surface area is 98.7 Å². The van der Waals surface area contributed by atoms with Crippen LogP contribution in [0.3, 0.4) is 0 Å². The minimum absolute atomic E-state index is 0.736. The summed E-state index contributed by atoms with van der Waals surface area (Å²) in [4.78, 5) is 2.62. The summed E-state index contributed by atoms with van der Waals surface area (Å²) < 4.78 is 0. The summed E-state index contributed by atoms with van der Waals surface area (Å²) >= 11 is 0. The van der Waals surface area contributed by atoms with Crippen molar-refractivity contribution in [3.63, 3.8) is 0 Å². The van der Waals surface area contributed by atoms with E-state index in [1.54, 1.807) is 0 Å². The number of hydrogen-bond donors (Lipinski definition) is 1. The third-order valence-corrected chi connectivity index (χ3v) is 3.33. The maximum atomic E-state index is 3.53. The van der Waals surface area contributed by atoms with Gasteiger partial charge in [-0.05, 0) is 44.5 Å². The van der Waals surface area contributed by atoms with Gasteiger partial charge in [0.2, 0.25) is 0 Å². The van der Waals surface area contributed by atoms with E-state index in [9.17, 15) is 0 Å². The highest BCUT2D eigenvalue weighted by Gasteiger charge is 2.22. The Balaban J connectivity index is 1.81. The third kappa shape index (κ3) is 2.99. The third-order valence-electron chi connectivity index (χ3n) is 3.33. The molecule has 1 saturated heterocycles. The molecule has 1 unspecified atom stereocenters. The Kier molecular flexibility index (Phi) is 4.23. The largest absolute Gasteiger partial charge is 0.383 e. The van der Waals surface area contributed by atoms with Crippen LogP contribution >= 0.6 is 0 Å². The van der Waals surface area contributed by atoms with Crippen molar-refractivity contribution < 1.29 is 0 Å². The molecule has 1 atom stereocenters. The molecule has 1 heterocycles. The second-order valence-electron chi connectivity index (χ2n) is 4.58. The minimum atomic E-state index is 0.736. The first-order valence-corrected chi connectivity index (χ1v) is 6.43. The molecule has 1 aliphatic rings. The fourth-order valence-corrected chi connectivity index (χ4v) is 2.50. The lowest BCUT2D eigenvalue weighted by Gasteiger charge is -2.24. The summed E-state index contributed by atoms with van der Waals surface area (Å²) in [5.41, 5.74) is 1.24. The zero-order valence-corrected chi connectivity index (χ0v) is 10.2. The maximum Gasteiger partial charge on any atom is 0.0340 e. The molecular weight excluding hydrogens is 196 g/mol. The fraction of sp³-hybridized carbons (Fsp3) is 0.571. The van der Waals surface area contributed by atoms with Crippen LogP contribution in [0.25, 0.3) is 0 Å². The monoisotopic (exact) mass is 218 g/mol. The van der Waals surface area contributed by atoms with Gasteiger partial charge < -0.3 is 5.32 Å². The lowest BCUT2D eigenvalue weighted by atomic mass is 10.2. The average molecular weight is 218 g/mol. The summed E-state index contributed by atoms with van der Waals surface area (Å²) in [5, 5.41) is 3.53. The average Bonchev–Trinajstić information content (AvgIpc) is 2.76. The summed E-state index contributed by atoms with van der Waals surface area (Å²) in [5.74, 6) is 0. The van der Waals surface area contributed by atoms with Gasteiger partial charge in [-0.3, -0.25) is 4.90 Å². The van der Waals surface area contributed by atoms with Gasteiger partial charge in [0.1, 0.15) is 0 Å². The van der Waals surface area contributed by atoms with Gasteiger partial charge in [-0.15, -0.1) is 0 Å². The summed E-state index contributed by atoms with van der Waals surface area (Å²) in [6.45, 7) is 5.89. The Morgan fingerprint density at radius 2 is 2.12 bits per heavy atom. The number of nitrogens with one attached hydrogen (secondary N) is 1. The van der Waals surface area contributed by atoms with E-state index in [1.807, 2.05) is 0 Å². The van der Waals surface area contributed by atoms with Crippen molar-refractivity contribution in [1.29, 1.82) is 0 Å². The van der Waals surface area contributed by atoms with Gasteiger partial charge in [-0.1, -0.05) is 25.1 Å². The summed E-state index contributed by atoms with van der Waals surface area (Å²) in [7, 11) is 0. The first-order chi connectivity index (χ1) is 7.90. The highest BCUT2D eigenvalue weighted by molar-refractivity contribution is 5.42. The molecule has 0 aromatic heterocycles. The minimum Gasteiger partial charge on any atom is -0.383 e. The van der Waals surface area contributed by atoms with Crippen LogP contribution in [0, 0.1) is 0 Å². The van der Waals surface area contributed by atoms with E-state index in [0.29, 0.717) is 0 Å². The highest BCUT2D eigenvalue weighted by Crippen LogP contribution is 2.18. The van der Waals surface area contributed by atoms with E-state index in [0.717, 1.165) is 12.6 Å². The molecule has 1 fully saturated rings. The van der Waals surface area contributed by atoms with Crippen LogP contribution < -0.4 is 5.32 Å². The molecule has 0 aliphatic carbocycles. The second-order valence-corrected chi connectivity index (χ2v) is 4.58. The van der Waals surface area contributed by atoms with Crippen molar-refractivity contribution in [3.05, 3.63) is 30.3 Å². The lowest BCUT2D eigenvalue weighted by molar-refractivity contribution is 0.263. The van der Waals surface area contributed by atoms with Crippen molar-refractivity contribution in [1.82, 2.24) is 4.90 Å². The van der Waals surface area contributed by atoms with Crippen molar-refractivity contribution >= 4 is 5.69 Å². The SMILES string of the molecule is CCCN1CCCC1CNc1ccccc1. The number of nitrogens with zero attached hydrogens (tertiary/aromatic N) is 1. The molecule has 2 rings (SSSR count). The van der Waals surface area contributed by atoms with Crippen molar-refractivity contribution in [2.75, 3.05) is 25.0 Å².